The zero-order valence-electron chi connectivity index (χ0n) is 16.0. The number of carbonyl (C=O) groups excluding carboxylic acids is 1. The number of aromatic nitrogens is 1. The van der Waals surface area contributed by atoms with E-state index in [2.05, 4.69) is 9.71 Å². The zero-order valence-corrected chi connectivity index (χ0v) is 17.5. The maximum absolute atomic E-state index is 12.8. The topological polar surface area (TPSA) is 76.1 Å². The number of hydrogen-bond acceptors (Lipinski definition) is 4. The molecule has 0 saturated carbocycles. The van der Waals surface area contributed by atoms with E-state index in [1.54, 1.807) is 24.4 Å². The molecule has 0 aliphatic rings. The quantitative estimate of drug-likeness (QED) is 0.415. The highest BCUT2D eigenvalue weighted by molar-refractivity contribution is 7.92. The number of carbonyl (C=O) groups is 1. The number of pyridine rings is 1. The predicted molar refractivity (Wildman–Crippen MR) is 119 cm³/mol. The molecule has 3 aromatic carbocycles. The zero-order chi connectivity index (χ0) is 21.3. The summed E-state index contributed by atoms with van der Waals surface area (Å²) < 4.78 is 28.1. The van der Waals surface area contributed by atoms with Gasteiger partial charge in [0.05, 0.1) is 15.6 Å². The maximum atomic E-state index is 12.8. The number of anilines is 1. The number of Topliss-reactive ketones (excluding diaryl/α,β-unsaturated/α-hetero) is 1. The van der Waals surface area contributed by atoms with Crippen molar-refractivity contribution in [2.24, 2.45) is 0 Å². The SMILES string of the molecule is CC(=O)c1ccc(S(=O)(=O)Nc2ccc(Cl)c(-c3nccc4ccccc34)c2)cc1. The number of ketones is 1. The Kier molecular flexibility index (Phi) is 5.28. The van der Waals surface area contributed by atoms with Gasteiger partial charge in [-0.2, -0.15) is 0 Å². The second-order valence-corrected chi connectivity index (χ2v) is 8.85. The molecule has 5 nitrogen and oxygen atoms in total. The van der Waals surface area contributed by atoms with Crippen LogP contribution in [0.3, 0.4) is 0 Å². The Labute approximate surface area is 179 Å². The van der Waals surface area contributed by atoms with Gasteiger partial charge in [-0.05, 0) is 48.7 Å². The number of hydrogen-bond donors (Lipinski definition) is 1. The van der Waals surface area contributed by atoms with Crippen LogP contribution in [0.5, 0.6) is 0 Å². The third kappa shape index (κ3) is 3.92. The van der Waals surface area contributed by atoms with Gasteiger partial charge in [0.2, 0.25) is 0 Å². The van der Waals surface area contributed by atoms with Gasteiger partial charge in [0.25, 0.3) is 10.0 Å². The molecule has 0 aliphatic heterocycles. The van der Waals surface area contributed by atoms with Crippen molar-refractivity contribution in [2.75, 3.05) is 4.72 Å². The smallest absolute Gasteiger partial charge is 0.261 e. The summed E-state index contributed by atoms with van der Waals surface area (Å²) in [7, 11) is -3.83. The van der Waals surface area contributed by atoms with Crippen LogP contribution in [0.1, 0.15) is 17.3 Å². The van der Waals surface area contributed by atoms with Gasteiger partial charge in [0.15, 0.2) is 5.78 Å². The second-order valence-electron chi connectivity index (χ2n) is 6.76. The summed E-state index contributed by atoms with van der Waals surface area (Å²) >= 11 is 6.42. The molecule has 0 spiro atoms. The number of fused-ring (bicyclic) bond motifs is 1. The predicted octanol–water partition coefficient (Wildman–Crippen LogP) is 5.56. The summed E-state index contributed by atoms with van der Waals surface area (Å²) in [6.45, 7) is 1.43. The molecular formula is C23H17ClN2O3S. The first-order chi connectivity index (χ1) is 14.3. The Morgan fingerprint density at radius 3 is 2.43 bits per heavy atom. The summed E-state index contributed by atoms with van der Waals surface area (Å²) in [5.41, 5.74) is 2.11. The summed E-state index contributed by atoms with van der Waals surface area (Å²) in [4.78, 5) is 15.9. The molecular weight excluding hydrogens is 420 g/mol. The molecule has 30 heavy (non-hydrogen) atoms. The molecule has 0 atom stereocenters. The van der Waals surface area contributed by atoms with Crippen molar-refractivity contribution in [1.29, 1.82) is 0 Å². The molecule has 4 aromatic rings. The lowest BCUT2D eigenvalue weighted by Gasteiger charge is -2.12. The minimum atomic E-state index is -3.83. The van der Waals surface area contributed by atoms with Crippen molar-refractivity contribution in [1.82, 2.24) is 4.98 Å². The standard InChI is InChI=1S/C23H17ClN2O3S/c1-15(27)16-6-9-19(10-7-16)30(28,29)26-18-8-11-22(24)21(14-18)23-20-5-3-2-4-17(20)12-13-25-23/h2-14,26H,1H3. The van der Waals surface area contributed by atoms with Crippen molar-refractivity contribution < 1.29 is 13.2 Å². The van der Waals surface area contributed by atoms with Crippen LogP contribution in [-0.4, -0.2) is 19.2 Å². The van der Waals surface area contributed by atoms with E-state index >= 15 is 0 Å². The normalized spacial score (nSPS) is 11.4. The van der Waals surface area contributed by atoms with E-state index < -0.39 is 10.0 Å². The number of benzene rings is 3. The Morgan fingerprint density at radius 2 is 1.70 bits per heavy atom. The van der Waals surface area contributed by atoms with E-state index in [0.29, 0.717) is 27.5 Å². The van der Waals surface area contributed by atoms with Crippen molar-refractivity contribution in [3.05, 3.63) is 89.6 Å². The molecule has 0 bridgehead atoms. The van der Waals surface area contributed by atoms with Gasteiger partial charge < -0.3 is 0 Å². The van der Waals surface area contributed by atoms with E-state index in [0.717, 1.165) is 10.8 Å². The molecule has 1 heterocycles. The van der Waals surface area contributed by atoms with Crippen molar-refractivity contribution >= 4 is 43.9 Å². The lowest BCUT2D eigenvalue weighted by molar-refractivity contribution is 0.101. The lowest BCUT2D eigenvalue weighted by atomic mass is 10.0. The first-order valence-electron chi connectivity index (χ1n) is 9.13. The third-order valence-electron chi connectivity index (χ3n) is 4.72. The van der Waals surface area contributed by atoms with Crippen LogP contribution in [0, 0.1) is 0 Å². The number of halogens is 1. The van der Waals surface area contributed by atoms with Crippen molar-refractivity contribution in [3.8, 4) is 11.3 Å². The van der Waals surface area contributed by atoms with E-state index in [9.17, 15) is 13.2 Å². The molecule has 150 valence electrons. The second kappa shape index (κ2) is 7.89. The van der Waals surface area contributed by atoms with Crippen LogP contribution in [0.2, 0.25) is 5.02 Å². The summed E-state index contributed by atoms with van der Waals surface area (Å²) in [6, 6.07) is 20.4. The molecule has 0 saturated heterocycles. The van der Waals surface area contributed by atoms with E-state index in [1.807, 2.05) is 30.3 Å². The van der Waals surface area contributed by atoms with E-state index in [4.69, 9.17) is 11.6 Å². The van der Waals surface area contributed by atoms with E-state index in [1.165, 1.54) is 31.2 Å². The fraction of sp³-hybridized carbons (Fsp3) is 0.0435. The largest absolute Gasteiger partial charge is 0.295 e. The molecule has 0 fully saturated rings. The van der Waals surface area contributed by atoms with Crippen LogP contribution >= 0.6 is 11.6 Å². The Hall–Kier alpha value is -3.22. The molecule has 0 amide bonds. The van der Waals surface area contributed by atoms with Crippen LogP contribution < -0.4 is 4.72 Å². The number of nitrogens with one attached hydrogen (secondary N) is 1. The van der Waals surface area contributed by atoms with Gasteiger partial charge in [-0.25, -0.2) is 8.42 Å². The molecule has 0 radical (unpaired) electrons. The van der Waals surface area contributed by atoms with E-state index in [-0.39, 0.29) is 10.7 Å². The highest BCUT2D eigenvalue weighted by atomic mass is 35.5. The first-order valence-corrected chi connectivity index (χ1v) is 11.0. The van der Waals surface area contributed by atoms with Crippen molar-refractivity contribution in [2.45, 2.75) is 11.8 Å². The fourth-order valence-corrected chi connectivity index (χ4v) is 4.44. The molecule has 4 rings (SSSR count). The summed E-state index contributed by atoms with van der Waals surface area (Å²) in [6.07, 6.45) is 1.70. The highest BCUT2D eigenvalue weighted by Crippen LogP contribution is 2.34. The Bertz CT molecular complexity index is 1360. The van der Waals surface area contributed by atoms with Crippen LogP contribution in [-0.2, 0) is 10.0 Å². The average Bonchev–Trinajstić information content (AvgIpc) is 2.74. The Morgan fingerprint density at radius 1 is 0.967 bits per heavy atom. The van der Waals surface area contributed by atoms with Crippen molar-refractivity contribution in [3.63, 3.8) is 0 Å². The first kappa shape index (κ1) is 20.1. The van der Waals surface area contributed by atoms with Crippen LogP contribution in [0.4, 0.5) is 5.69 Å². The molecule has 1 aromatic heterocycles. The fourth-order valence-electron chi connectivity index (χ4n) is 3.19. The molecule has 0 aliphatic carbocycles. The third-order valence-corrected chi connectivity index (χ3v) is 6.45. The lowest BCUT2D eigenvalue weighted by Crippen LogP contribution is -2.13. The molecule has 1 N–H and O–H groups in total. The van der Waals surface area contributed by atoms with Gasteiger partial charge in [-0.15, -0.1) is 0 Å². The van der Waals surface area contributed by atoms with Gasteiger partial charge in [0.1, 0.15) is 0 Å². The summed E-state index contributed by atoms with van der Waals surface area (Å²) in [5, 5.41) is 2.39. The van der Waals surface area contributed by atoms with Gasteiger partial charge >= 0.3 is 0 Å². The van der Waals surface area contributed by atoms with Crippen LogP contribution in [0.25, 0.3) is 22.0 Å². The van der Waals surface area contributed by atoms with Crippen LogP contribution in [0.15, 0.2) is 83.9 Å². The summed E-state index contributed by atoms with van der Waals surface area (Å²) in [5.74, 6) is -0.128. The van der Waals surface area contributed by atoms with Gasteiger partial charge in [-0.1, -0.05) is 48.0 Å². The monoisotopic (exact) mass is 436 g/mol. The van der Waals surface area contributed by atoms with Gasteiger partial charge in [0, 0.05) is 28.4 Å². The maximum Gasteiger partial charge on any atom is 0.261 e. The molecule has 0 unspecified atom stereocenters. The average molecular weight is 437 g/mol. The minimum absolute atomic E-state index is 0.0623. The number of sulfonamides is 1. The molecule has 7 heteroatoms. The van der Waals surface area contributed by atoms with Gasteiger partial charge in [-0.3, -0.25) is 14.5 Å². The minimum Gasteiger partial charge on any atom is -0.295 e. The Balaban J connectivity index is 1.72. The highest BCUT2D eigenvalue weighted by Gasteiger charge is 2.17. The number of rotatable bonds is 5. The number of nitrogens with zero attached hydrogens (tertiary/aromatic N) is 1.